The van der Waals surface area contributed by atoms with Gasteiger partial charge in [0, 0.05) is 11.1 Å². The fourth-order valence-electron chi connectivity index (χ4n) is 2.94. The topological polar surface area (TPSA) is 55.1 Å². The molecule has 3 unspecified atom stereocenters. The monoisotopic (exact) mass is 294 g/mol. The van der Waals surface area contributed by atoms with Crippen molar-refractivity contribution in [3.63, 3.8) is 0 Å². The van der Waals surface area contributed by atoms with Gasteiger partial charge in [0.05, 0.1) is 11.5 Å². The molecule has 0 bridgehead atoms. The number of carbonyl (C=O) groups is 1. The Bertz CT molecular complexity index is 491. The molecule has 3 N–H and O–H groups in total. The summed E-state index contributed by atoms with van der Waals surface area (Å²) < 4.78 is 0. The van der Waals surface area contributed by atoms with Gasteiger partial charge in [-0.05, 0) is 43.9 Å². The molecule has 1 amide bonds. The average Bonchev–Trinajstić information content (AvgIpc) is 2.77. The van der Waals surface area contributed by atoms with Crippen LogP contribution in [0.2, 0.25) is 5.02 Å². The molecule has 1 aliphatic carbocycles. The number of halogens is 1. The summed E-state index contributed by atoms with van der Waals surface area (Å²) in [6.07, 6.45) is 3.65. The van der Waals surface area contributed by atoms with Gasteiger partial charge < -0.3 is 11.1 Å². The van der Waals surface area contributed by atoms with Gasteiger partial charge in [-0.15, -0.1) is 0 Å². The summed E-state index contributed by atoms with van der Waals surface area (Å²) in [5, 5.41) is 3.84. The van der Waals surface area contributed by atoms with Crippen molar-refractivity contribution in [2.24, 2.45) is 11.1 Å². The molecule has 0 aromatic heterocycles. The highest BCUT2D eigenvalue weighted by Gasteiger charge is 2.43. The van der Waals surface area contributed by atoms with Crippen molar-refractivity contribution in [3.8, 4) is 0 Å². The quantitative estimate of drug-likeness (QED) is 0.894. The van der Waals surface area contributed by atoms with Crippen LogP contribution in [0.15, 0.2) is 24.3 Å². The smallest absolute Gasteiger partial charge is 0.227 e. The van der Waals surface area contributed by atoms with Crippen LogP contribution in [0.3, 0.4) is 0 Å². The van der Waals surface area contributed by atoms with E-state index in [9.17, 15) is 4.79 Å². The summed E-state index contributed by atoms with van der Waals surface area (Å²) in [5.41, 5.74) is 6.72. The van der Waals surface area contributed by atoms with Gasteiger partial charge in [-0.3, -0.25) is 4.79 Å². The molecule has 1 aliphatic rings. The molecule has 0 saturated heterocycles. The van der Waals surface area contributed by atoms with E-state index < -0.39 is 5.41 Å². The van der Waals surface area contributed by atoms with E-state index in [0.29, 0.717) is 5.02 Å². The molecule has 3 nitrogen and oxygen atoms in total. The van der Waals surface area contributed by atoms with Crippen molar-refractivity contribution in [2.45, 2.75) is 51.6 Å². The van der Waals surface area contributed by atoms with Crippen LogP contribution in [0, 0.1) is 5.41 Å². The first-order valence-corrected chi connectivity index (χ1v) is 7.67. The Labute approximate surface area is 125 Å². The third-order valence-corrected chi connectivity index (χ3v) is 4.75. The number of hydrogen-bond donors (Lipinski definition) is 2. The highest BCUT2D eigenvalue weighted by Crippen LogP contribution is 2.37. The minimum absolute atomic E-state index is 0.00850. The van der Waals surface area contributed by atoms with Crippen LogP contribution in [-0.2, 0) is 4.79 Å². The van der Waals surface area contributed by atoms with Gasteiger partial charge >= 0.3 is 0 Å². The van der Waals surface area contributed by atoms with Crippen LogP contribution < -0.4 is 11.1 Å². The molecule has 0 heterocycles. The van der Waals surface area contributed by atoms with E-state index in [0.717, 1.165) is 31.2 Å². The Morgan fingerprint density at radius 1 is 1.60 bits per heavy atom. The zero-order valence-electron chi connectivity index (χ0n) is 12.2. The second-order valence-corrected chi connectivity index (χ2v) is 6.34. The maximum absolute atomic E-state index is 12.6. The Kier molecular flexibility index (Phi) is 4.71. The molecule has 0 aliphatic heterocycles. The largest absolute Gasteiger partial charge is 0.349 e. The van der Waals surface area contributed by atoms with Crippen LogP contribution in [0.1, 0.15) is 51.1 Å². The lowest BCUT2D eigenvalue weighted by Crippen LogP contribution is -2.48. The molecule has 1 aromatic carbocycles. The Morgan fingerprint density at radius 2 is 2.35 bits per heavy atom. The number of nitrogens with two attached hydrogens (primary N) is 1. The highest BCUT2D eigenvalue weighted by atomic mass is 35.5. The van der Waals surface area contributed by atoms with Crippen molar-refractivity contribution in [1.29, 1.82) is 0 Å². The number of benzene rings is 1. The summed E-state index contributed by atoms with van der Waals surface area (Å²) >= 11 is 6.03. The molecule has 110 valence electrons. The molecular weight excluding hydrogens is 272 g/mol. The Balaban J connectivity index is 2.12. The molecule has 0 radical (unpaired) electrons. The normalized spacial score (nSPS) is 27.3. The lowest BCUT2D eigenvalue weighted by molar-refractivity contribution is -0.131. The van der Waals surface area contributed by atoms with E-state index in [1.807, 2.05) is 31.2 Å². The first kappa shape index (κ1) is 15.3. The maximum Gasteiger partial charge on any atom is 0.227 e. The van der Waals surface area contributed by atoms with Gasteiger partial charge in [-0.1, -0.05) is 37.1 Å². The number of carbonyl (C=O) groups excluding carboxylic acids is 1. The van der Waals surface area contributed by atoms with Crippen LogP contribution in [0.5, 0.6) is 0 Å². The third kappa shape index (κ3) is 2.99. The van der Waals surface area contributed by atoms with Crippen LogP contribution in [0.4, 0.5) is 0 Å². The van der Waals surface area contributed by atoms with Crippen molar-refractivity contribution in [1.82, 2.24) is 5.32 Å². The van der Waals surface area contributed by atoms with Gasteiger partial charge in [0.25, 0.3) is 0 Å². The van der Waals surface area contributed by atoms with Crippen LogP contribution >= 0.6 is 11.6 Å². The number of nitrogens with one attached hydrogen (secondary N) is 1. The molecular formula is C16H23ClN2O. The lowest BCUT2D eigenvalue weighted by atomic mass is 9.83. The van der Waals surface area contributed by atoms with Crippen molar-refractivity contribution < 1.29 is 4.79 Å². The van der Waals surface area contributed by atoms with E-state index in [1.54, 1.807) is 0 Å². The molecule has 0 spiro atoms. The molecule has 20 heavy (non-hydrogen) atoms. The molecule has 4 heteroatoms. The minimum atomic E-state index is -0.438. The highest BCUT2D eigenvalue weighted by molar-refractivity contribution is 6.30. The molecule has 1 fully saturated rings. The van der Waals surface area contributed by atoms with E-state index in [1.165, 1.54) is 0 Å². The average molecular weight is 295 g/mol. The summed E-state index contributed by atoms with van der Waals surface area (Å²) in [4.78, 5) is 12.6. The third-order valence-electron chi connectivity index (χ3n) is 4.51. The predicted molar refractivity (Wildman–Crippen MR) is 82.6 cm³/mol. The van der Waals surface area contributed by atoms with E-state index in [2.05, 4.69) is 12.2 Å². The Morgan fingerprint density at radius 3 is 2.90 bits per heavy atom. The van der Waals surface area contributed by atoms with Crippen molar-refractivity contribution in [2.75, 3.05) is 0 Å². The summed E-state index contributed by atoms with van der Waals surface area (Å²) in [6, 6.07) is 7.61. The van der Waals surface area contributed by atoms with Crippen LogP contribution in [-0.4, -0.2) is 11.9 Å². The summed E-state index contributed by atoms with van der Waals surface area (Å²) in [5.74, 6) is 0.0642. The molecule has 1 saturated carbocycles. The molecule has 1 aromatic rings. The minimum Gasteiger partial charge on any atom is -0.349 e. The van der Waals surface area contributed by atoms with Gasteiger partial charge in [0.2, 0.25) is 5.91 Å². The first-order valence-electron chi connectivity index (χ1n) is 7.29. The second-order valence-electron chi connectivity index (χ2n) is 5.91. The number of amides is 1. The van der Waals surface area contributed by atoms with E-state index in [-0.39, 0.29) is 18.0 Å². The summed E-state index contributed by atoms with van der Waals surface area (Å²) in [6.45, 7) is 4.04. The zero-order valence-corrected chi connectivity index (χ0v) is 12.9. The van der Waals surface area contributed by atoms with E-state index >= 15 is 0 Å². The summed E-state index contributed by atoms with van der Waals surface area (Å²) in [7, 11) is 0. The lowest BCUT2D eigenvalue weighted by Gasteiger charge is -2.30. The second kappa shape index (κ2) is 6.15. The van der Waals surface area contributed by atoms with Crippen molar-refractivity contribution >= 4 is 17.5 Å². The zero-order chi connectivity index (χ0) is 14.8. The molecule has 3 atom stereocenters. The predicted octanol–water partition coefficient (Wildman–Crippen LogP) is 3.42. The van der Waals surface area contributed by atoms with Gasteiger partial charge in [-0.25, -0.2) is 0 Å². The maximum atomic E-state index is 12.6. The molecule has 2 rings (SSSR count). The number of hydrogen-bond acceptors (Lipinski definition) is 2. The Hall–Kier alpha value is -1.06. The van der Waals surface area contributed by atoms with E-state index in [4.69, 9.17) is 17.3 Å². The van der Waals surface area contributed by atoms with Crippen LogP contribution in [0.25, 0.3) is 0 Å². The standard InChI is InChI=1S/C16H23ClN2O/c1-3-13(11-6-4-7-12(17)10-11)19-15(20)16(2)9-5-8-14(16)18/h4,6-7,10,13-14H,3,5,8-9,18H2,1-2H3,(H,19,20). The van der Waals surface area contributed by atoms with Gasteiger partial charge in [-0.2, -0.15) is 0 Å². The number of rotatable bonds is 4. The van der Waals surface area contributed by atoms with Gasteiger partial charge in [0.15, 0.2) is 0 Å². The van der Waals surface area contributed by atoms with Crippen molar-refractivity contribution in [3.05, 3.63) is 34.9 Å². The van der Waals surface area contributed by atoms with Gasteiger partial charge in [0.1, 0.15) is 0 Å². The first-order chi connectivity index (χ1) is 9.47. The fourth-order valence-corrected chi connectivity index (χ4v) is 3.14. The SMILES string of the molecule is CCC(NC(=O)C1(C)CCCC1N)c1cccc(Cl)c1. The fraction of sp³-hybridized carbons (Fsp3) is 0.562.